The summed E-state index contributed by atoms with van der Waals surface area (Å²) in [5.41, 5.74) is -0.466. The van der Waals surface area contributed by atoms with Gasteiger partial charge >= 0.3 is 0 Å². The Labute approximate surface area is 162 Å². The smallest absolute Gasteiger partial charge is 0.265 e. The zero-order valence-electron chi connectivity index (χ0n) is 16.0. The fraction of sp³-hybridized carbons (Fsp3) is 0.381. The van der Waals surface area contributed by atoms with Crippen molar-refractivity contribution in [1.29, 1.82) is 0 Å². The number of hydrogen-bond donors (Lipinski definition) is 0. The van der Waals surface area contributed by atoms with Gasteiger partial charge in [-0.05, 0) is 37.3 Å². The molecule has 0 bridgehead atoms. The van der Waals surface area contributed by atoms with Crippen LogP contribution in [0.5, 0.6) is 5.88 Å². The number of nitrogens with zero attached hydrogens (tertiary/aromatic N) is 2. The summed E-state index contributed by atoms with van der Waals surface area (Å²) >= 11 is 0. The molecule has 1 aromatic heterocycles. The molecule has 2 aliphatic carbocycles. The second kappa shape index (κ2) is 7.00. The van der Waals surface area contributed by atoms with E-state index in [1.807, 2.05) is 49.3 Å². The van der Waals surface area contributed by atoms with Gasteiger partial charge in [0.05, 0.1) is 6.04 Å². The van der Waals surface area contributed by atoms with Crippen LogP contribution in [0.1, 0.15) is 34.1 Å². The lowest BCUT2D eigenvalue weighted by Gasteiger charge is -2.46. The SMILES string of the molecule is CO[C@]12C(=O)C=CC[C@H]1[C@@H](N(C)C)c1onc(OCc3ccccc3)c1C2=O. The summed E-state index contributed by atoms with van der Waals surface area (Å²) < 4.78 is 17.0. The maximum atomic E-state index is 13.5. The lowest BCUT2D eigenvalue weighted by molar-refractivity contribution is -0.141. The van der Waals surface area contributed by atoms with E-state index in [9.17, 15) is 9.59 Å². The first-order valence-electron chi connectivity index (χ1n) is 9.14. The van der Waals surface area contributed by atoms with Crippen molar-refractivity contribution in [3.05, 3.63) is 59.4 Å². The van der Waals surface area contributed by atoms with Gasteiger partial charge in [0.15, 0.2) is 17.1 Å². The highest BCUT2D eigenvalue weighted by Gasteiger charge is 2.62. The minimum Gasteiger partial charge on any atom is -0.470 e. The number of allylic oxidation sites excluding steroid dienone is 1. The number of fused-ring (bicyclic) bond motifs is 2. The Bertz CT molecular complexity index is 934. The number of ether oxygens (including phenoxy) is 2. The van der Waals surface area contributed by atoms with Gasteiger partial charge < -0.3 is 14.0 Å². The Morgan fingerprint density at radius 3 is 2.68 bits per heavy atom. The molecule has 0 fully saturated rings. The maximum absolute atomic E-state index is 13.5. The van der Waals surface area contributed by atoms with E-state index < -0.39 is 17.3 Å². The third kappa shape index (κ3) is 2.62. The van der Waals surface area contributed by atoms with Crippen LogP contribution < -0.4 is 4.74 Å². The van der Waals surface area contributed by atoms with Crippen molar-refractivity contribution in [2.45, 2.75) is 24.7 Å². The van der Waals surface area contributed by atoms with Crippen LogP contribution >= 0.6 is 0 Å². The Kier molecular flexibility index (Phi) is 4.64. The molecule has 0 saturated heterocycles. The highest BCUT2D eigenvalue weighted by atomic mass is 16.5. The molecule has 0 radical (unpaired) electrons. The third-order valence-electron chi connectivity index (χ3n) is 5.55. The monoisotopic (exact) mass is 382 g/mol. The lowest BCUT2D eigenvalue weighted by Crippen LogP contribution is -2.60. The van der Waals surface area contributed by atoms with E-state index in [0.29, 0.717) is 12.2 Å². The van der Waals surface area contributed by atoms with Crippen molar-refractivity contribution in [2.75, 3.05) is 21.2 Å². The Balaban J connectivity index is 1.78. The molecule has 7 nitrogen and oxygen atoms in total. The second-order valence-electron chi connectivity index (χ2n) is 7.29. The van der Waals surface area contributed by atoms with E-state index in [4.69, 9.17) is 14.0 Å². The zero-order chi connectivity index (χ0) is 19.9. The average Bonchev–Trinajstić information content (AvgIpc) is 3.11. The third-order valence-corrected chi connectivity index (χ3v) is 5.55. The van der Waals surface area contributed by atoms with E-state index in [2.05, 4.69) is 5.16 Å². The Hall–Kier alpha value is -2.77. The predicted octanol–water partition coefficient (Wildman–Crippen LogP) is 2.58. The Morgan fingerprint density at radius 1 is 1.25 bits per heavy atom. The summed E-state index contributed by atoms with van der Waals surface area (Å²) in [6.07, 6.45) is 3.73. The minimum atomic E-state index is -1.59. The first-order chi connectivity index (χ1) is 13.5. The van der Waals surface area contributed by atoms with E-state index in [-0.39, 0.29) is 29.9 Å². The van der Waals surface area contributed by atoms with Gasteiger partial charge in [0, 0.05) is 13.0 Å². The van der Waals surface area contributed by atoms with Crippen molar-refractivity contribution in [3.8, 4) is 5.88 Å². The van der Waals surface area contributed by atoms with Crippen LogP contribution in [0.3, 0.4) is 0 Å². The molecule has 3 atom stereocenters. The van der Waals surface area contributed by atoms with Crippen LogP contribution in [-0.4, -0.2) is 48.4 Å². The average molecular weight is 382 g/mol. The molecular weight excluding hydrogens is 360 g/mol. The van der Waals surface area contributed by atoms with Gasteiger partial charge in [0.25, 0.3) is 5.88 Å². The molecule has 2 aromatic rings. The van der Waals surface area contributed by atoms with E-state index >= 15 is 0 Å². The summed E-state index contributed by atoms with van der Waals surface area (Å²) in [5, 5.41) is 4.01. The van der Waals surface area contributed by atoms with E-state index in [0.717, 1.165) is 5.56 Å². The van der Waals surface area contributed by atoms with Gasteiger partial charge in [0.1, 0.15) is 12.2 Å². The molecule has 0 amide bonds. The largest absolute Gasteiger partial charge is 0.470 e. The van der Waals surface area contributed by atoms with Gasteiger partial charge in [-0.3, -0.25) is 14.5 Å². The molecule has 0 aliphatic heterocycles. The van der Waals surface area contributed by atoms with Gasteiger partial charge in [0.2, 0.25) is 5.78 Å². The van der Waals surface area contributed by atoms with Gasteiger partial charge in [-0.2, -0.15) is 0 Å². The van der Waals surface area contributed by atoms with Gasteiger partial charge in [-0.1, -0.05) is 36.4 Å². The fourth-order valence-corrected chi connectivity index (χ4v) is 4.26. The van der Waals surface area contributed by atoms with Crippen molar-refractivity contribution >= 4 is 11.6 Å². The number of benzene rings is 1. The van der Waals surface area contributed by atoms with E-state index in [1.165, 1.54) is 13.2 Å². The highest BCUT2D eigenvalue weighted by Crippen LogP contribution is 2.50. The number of aromatic nitrogens is 1. The summed E-state index contributed by atoms with van der Waals surface area (Å²) in [4.78, 5) is 28.3. The molecule has 1 heterocycles. The number of Topliss-reactive ketones (excluding diaryl/α,β-unsaturated/α-hetero) is 1. The molecule has 0 spiro atoms. The van der Waals surface area contributed by atoms with Crippen LogP contribution in [0, 0.1) is 5.92 Å². The minimum absolute atomic E-state index is 0.0907. The van der Waals surface area contributed by atoms with Gasteiger partial charge in [-0.15, -0.1) is 0 Å². The molecule has 0 saturated carbocycles. The number of hydrogen-bond acceptors (Lipinski definition) is 7. The number of ketones is 2. The highest BCUT2D eigenvalue weighted by molar-refractivity contribution is 6.23. The topological polar surface area (TPSA) is 81.9 Å². The van der Waals surface area contributed by atoms with Crippen molar-refractivity contribution in [1.82, 2.24) is 10.1 Å². The molecule has 28 heavy (non-hydrogen) atoms. The van der Waals surface area contributed by atoms with Crippen LogP contribution in [-0.2, 0) is 16.1 Å². The molecule has 4 rings (SSSR count). The summed E-state index contributed by atoms with van der Waals surface area (Å²) in [5.74, 6) is -0.706. The van der Waals surface area contributed by atoms with Crippen molar-refractivity contribution in [3.63, 3.8) is 0 Å². The van der Waals surface area contributed by atoms with Crippen LogP contribution in [0.25, 0.3) is 0 Å². The maximum Gasteiger partial charge on any atom is 0.265 e. The number of carbonyl (C=O) groups is 2. The van der Waals surface area contributed by atoms with Crippen molar-refractivity contribution in [2.24, 2.45) is 5.92 Å². The number of methoxy groups -OCH3 is 1. The van der Waals surface area contributed by atoms with Gasteiger partial charge in [-0.25, -0.2) is 0 Å². The molecule has 7 heteroatoms. The number of carbonyl (C=O) groups excluding carboxylic acids is 2. The first kappa shape index (κ1) is 18.6. The van der Waals surface area contributed by atoms with Crippen LogP contribution in [0.4, 0.5) is 0 Å². The molecule has 2 aliphatic rings. The lowest BCUT2D eigenvalue weighted by atomic mass is 9.65. The predicted molar refractivity (Wildman–Crippen MR) is 100 cm³/mol. The molecule has 146 valence electrons. The fourth-order valence-electron chi connectivity index (χ4n) is 4.26. The van der Waals surface area contributed by atoms with Crippen LogP contribution in [0.15, 0.2) is 47.0 Å². The van der Waals surface area contributed by atoms with E-state index in [1.54, 1.807) is 6.08 Å². The normalized spacial score (nSPS) is 26.3. The molecule has 0 unspecified atom stereocenters. The molecule has 1 aromatic carbocycles. The second-order valence-corrected chi connectivity index (χ2v) is 7.29. The zero-order valence-corrected chi connectivity index (χ0v) is 16.0. The van der Waals surface area contributed by atoms with Crippen LogP contribution in [0.2, 0.25) is 0 Å². The molecular formula is C21H22N2O5. The Morgan fingerprint density at radius 2 is 2.00 bits per heavy atom. The molecule has 0 N–H and O–H groups in total. The number of rotatable bonds is 5. The standard InChI is InChI=1S/C21H22N2O5/c1-23(2)17-14-10-7-11-15(24)21(14,26-3)19(25)16-18(17)28-22-20(16)27-12-13-8-5-4-6-9-13/h4-9,11,14,17H,10,12H2,1-3H3/t14-,17+,21-/m0/s1. The quantitative estimate of drug-likeness (QED) is 0.735. The first-order valence-corrected chi connectivity index (χ1v) is 9.14. The summed E-state index contributed by atoms with van der Waals surface area (Å²) in [6.45, 7) is 0.233. The summed E-state index contributed by atoms with van der Waals surface area (Å²) in [7, 11) is 5.15. The van der Waals surface area contributed by atoms with Crippen molar-refractivity contribution < 1.29 is 23.6 Å². The summed E-state index contributed by atoms with van der Waals surface area (Å²) in [6, 6.07) is 9.21.